The second kappa shape index (κ2) is 7.49. The van der Waals surface area contributed by atoms with Gasteiger partial charge in [0.2, 0.25) is 0 Å². The fraction of sp³-hybridized carbons (Fsp3) is 0.444. The lowest BCUT2D eigenvalue weighted by Crippen LogP contribution is -2.44. The Balaban J connectivity index is 1.88. The van der Waals surface area contributed by atoms with Crippen LogP contribution in [0.5, 0.6) is 0 Å². The quantitative estimate of drug-likeness (QED) is 0.655. The molecule has 1 unspecified atom stereocenters. The maximum atomic E-state index is 12.0. The van der Waals surface area contributed by atoms with Gasteiger partial charge in [-0.15, -0.1) is 0 Å². The number of anilines is 1. The lowest BCUT2D eigenvalue weighted by Gasteiger charge is -2.33. The van der Waals surface area contributed by atoms with E-state index in [1.165, 1.54) is 0 Å². The number of benzene rings is 1. The summed E-state index contributed by atoms with van der Waals surface area (Å²) >= 11 is 0. The van der Waals surface area contributed by atoms with Crippen molar-refractivity contribution in [2.24, 2.45) is 11.3 Å². The SMILES string of the molecule is CC(C)C(O)C(C)(C)CNC(=O)Nc1ccc(-c2ccn[nH]2)cc1. The minimum absolute atomic E-state index is 0.139. The van der Waals surface area contributed by atoms with Crippen molar-refractivity contribution in [1.82, 2.24) is 15.5 Å². The highest BCUT2D eigenvalue weighted by Gasteiger charge is 2.30. The third kappa shape index (κ3) is 4.58. The van der Waals surface area contributed by atoms with Crippen LogP contribution in [0.3, 0.4) is 0 Å². The van der Waals surface area contributed by atoms with Crippen LogP contribution >= 0.6 is 0 Å². The van der Waals surface area contributed by atoms with Crippen LogP contribution in [0, 0.1) is 11.3 Å². The summed E-state index contributed by atoms with van der Waals surface area (Å²) in [4.78, 5) is 12.0. The number of hydrogen-bond acceptors (Lipinski definition) is 3. The maximum Gasteiger partial charge on any atom is 0.319 e. The van der Waals surface area contributed by atoms with E-state index in [9.17, 15) is 9.90 Å². The summed E-state index contributed by atoms with van der Waals surface area (Å²) in [6, 6.07) is 9.10. The third-order valence-corrected chi connectivity index (χ3v) is 4.09. The molecule has 2 aromatic rings. The molecule has 1 aromatic heterocycles. The number of carbonyl (C=O) groups is 1. The van der Waals surface area contributed by atoms with Crippen molar-refractivity contribution in [3.63, 3.8) is 0 Å². The Kier molecular flexibility index (Phi) is 5.62. The molecule has 0 aliphatic heterocycles. The first-order valence-corrected chi connectivity index (χ1v) is 8.12. The van der Waals surface area contributed by atoms with Crippen LogP contribution in [-0.2, 0) is 0 Å². The van der Waals surface area contributed by atoms with Crippen molar-refractivity contribution in [2.75, 3.05) is 11.9 Å². The number of nitrogens with one attached hydrogen (secondary N) is 3. The second-order valence-corrected chi connectivity index (χ2v) is 7.03. The van der Waals surface area contributed by atoms with Gasteiger partial charge >= 0.3 is 6.03 Å². The van der Waals surface area contributed by atoms with Crippen molar-refractivity contribution < 1.29 is 9.90 Å². The number of rotatable bonds is 6. The summed E-state index contributed by atoms with van der Waals surface area (Å²) in [7, 11) is 0. The van der Waals surface area contributed by atoms with E-state index in [1.54, 1.807) is 6.20 Å². The van der Waals surface area contributed by atoms with Gasteiger partial charge in [-0.05, 0) is 29.7 Å². The average molecular weight is 330 g/mol. The van der Waals surface area contributed by atoms with Crippen molar-refractivity contribution in [3.05, 3.63) is 36.5 Å². The molecule has 0 saturated heterocycles. The molecule has 6 nitrogen and oxygen atoms in total. The lowest BCUT2D eigenvalue weighted by molar-refractivity contribution is 0.0154. The summed E-state index contributed by atoms with van der Waals surface area (Å²) < 4.78 is 0. The van der Waals surface area contributed by atoms with E-state index in [2.05, 4.69) is 20.8 Å². The molecule has 130 valence electrons. The molecule has 1 atom stereocenters. The molecule has 0 fully saturated rings. The fourth-order valence-corrected chi connectivity index (χ4v) is 2.64. The number of aliphatic hydroxyl groups is 1. The number of aromatic amines is 1. The summed E-state index contributed by atoms with van der Waals surface area (Å²) in [5, 5.41) is 22.6. The van der Waals surface area contributed by atoms with E-state index < -0.39 is 11.5 Å². The molecule has 0 radical (unpaired) electrons. The van der Waals surface area contributed by atoms with E-state index >= 15 is 0 Å². The molecule has 4 N–H and O–H groups in total. The van der Waals surface area contributed by atoms with Gasteiger partial charge in [-0.25, -0.2) is 4.79 Å². The molecule has 1 aromatic carbocycles. The number of amides is 2. The number of carbonyl (C=O) groups excluding carboxylic acids is 1. The van der Waals surface area contributed by atoms with Gasteiger partial charge < -0.3 is 15.7 Å². The number of H-pyrrole nitrogens is 1. The molecule has 2 amide bonds. The minimum Gasteiger partial charge on any atom is -0.392 e. The van der Waals surface area contributed by atoms with Gasteiger partial charge in [0.15, 0.2) is 0 Å². The van der Waals surface area contributed by atoms with Crippen molar-refractivity contribution >= 4 is 11.7 Å². The van der Waals surface area contributed by atoms with E-state index in [0.717, 1.165) is 11.3 Å². The van der Waals surface area contributed by atoms with Crippen LogP contribution in [0.15, 0.2) is 36.5 Å². The van der Waals surface area contributed by atoms with Crippen LogP contribution in [0.25, 0.3) is 11.3 Å². The highest BCUT2D eigenvalue weighted by atomic mass is 16.3. The number of aliphatic hydroxyl groups excluding tert-OH is 1. The Hall–Kier alpha value is -2.34. The van der Waals surface area contributed by atoms with Gasteiger partial charge in [0, 0.05) is 23.8 Å². The standard InChI is InChI=1S/C18H26N4O2/c1-12(2)16(23)18(3,4)11-19-17(24)21-14-7-5-13(6-8-14)15-9-10-20-22-15/h5-10,12,16,23H,11H2,1-4H3,(H,20,22)(H2,19,21,24). The second-order valence-electron chi connectivity index (χ2n) is 7.03. The molecule has 6 heteroatoms. The van der Waals surface area contributed by atoms with Gasteiger partial charge in [-0.3, -0.25) is 5.10 Å². The van der Waals surface area contributed by atoms with Crippen molar-refractivity contribution in [2.45, 2.75) is 33.8 Å². The van der Waals surface area contributed by atoms with Crippen LogP contribution in [0.1, 0.15) is 27.7 Å². The Morgan fingerprint density at radius 1 is 1.25 bits per heavy atom. The Morgan fingerprint density at radius 2 is 1.92 bits per heavy atom. The Bertz CT molecular complexity index is 648. The number of aromatic nitrogens is 2. The highest BCUT2D eigenvalue weighted by Crippen LogP contribution is 2.25. The molecule has 0 spiro atoms. The zero-order chi connectivity index (χ0) is 17.7. The van der Waals surface area contributed by atoms with Crippen LogP contribution in [-0.4, -0.2) is 34.0 Å². The summed E-state index contributed by atoms with van der Waals surface area (Å²) in [5.41, 5.74) is 2.24. The topological polar surface area (TPSA) is 90.0 Å². The normalized spacial score (nSPS) is 12.9. The van der Waals surface area contributed by atoms with Crippen LogP contribution in [0.2, 0.25) is 0 Å². The first-order valence-electron chi connectivity index (χ1n) is 8.12. The molecule has 2 rings (SSSR count). The monoisotopic (exact) mass is 330 g/mol. The van der Waals surface area contributed by atoms with Crippen molar-refractivity contribution in [3.8, 4) is 11.3 Å². The van der Waals surface area contributed by atoms with E-state index in [-0.39, 0.29) is 11.9 Å². The van der Waals surface area contributed by atoms with E-state index in [1.807, 2.05) is 58.0 Å². The van der Waals surface area contributed by atoms with Gasteiger partial charge in [-0.2, -0.15) is 5.10 Å². The molecule has 0 aliphatic carbocycles. The molecule has 0 bridgehead atoms. The number of hydrogen-bond donors (Lipinski definition) is 4. The van der Waals surface area contributed by atoms with E-state index in [0.29, 0.717) is 12.2 Å². The van der Waals surface area contributed by atoms with Gasteiger partial charge in [-0.1, -0.05) is 39.8 Å². The molecule has 0 saturated carbocycles. The zero-order valence-electron chi connectivity index (χ0n) is 14.6. The smallest absolute Gasteiger partial charge is 0.319 e. The summed E-state index contributed by atoms with van der Waals surface area (Å²) in [6.07, 6.45) is 1.22. The maximum absolute atomic E-state index is 12.0. The van der Waals surface area contributed by atoms with Crippen molar-refractivity contribution in [1.29, 1.82) is 0 Å². The first kappa shape index (κ1) is 18.0. The first-order chi connectivity index (χ1) is 11.3. The molecular formula is C18H26N4O2. The zero-order valence-corrected chi connectivity index (χ0v) is 14.6. The van der Waals surface area contributed by atoms with E-state index in [4.69, 9.17) is 0 Å². The minimum atomic E-state index is -0.480. The largest absolute Gasteiger partial charge is 0.392 e. The molecule has 0 aliphatic rings. The molecule has 1 heterocycles. The van der Waals surface area contributed by atoms with Crippen LogP contribution < -0.4 is 10.6 Å². The molecule has 24 heavy (non-hydrogen) atoms. The highest BCUT2D eigenvalue weighted by molar-refractivity contribution is 5.89. The van der Waals surface area contributed by atoms with Gasteiger partial charge in [0.25, 0.3) is 0 Å². The number of nitrogens with zero attached hydrogens (tertiary/aromatic N) is 1. The Labute approximate surface area is 142 Å². The predicted molar refractivity (Wildman–Crippen MR) is 95.7 cm³/mol. The average Bonchev–Trinajstić information content (AvgIpc) is 3.07. The summed E-state index contributed by atoms with van der Waals surface area (Å²) in [6.45, 7) is 8.21. The van der Waals surface area contributed by atoms with Gasteiger partial charge in [0.1, 0.15) is 0 Å². The molecular weight excluding hydrogens is 304 g/mol. The summed E-state index contributed by atoms with van der Waals surface area (Å²) in [5.74, 6) is 0.139. The fourth-order valence-electron chi connectivity index (χ4n) is 2.64. The van der Waals surface area contributed by atoms with Gasteiger partial charge in [0.05, 0.1) is 11.8 Å². The lowest BCUT2D eigenvalue weighted by atomic mass is 9.81. The predicted octanol–water partition coefficient (Wildman–Crippen LogP) is 3.24. The number of urea groups is 1. The third-order valence-electron chi connectivity index (χ3n) is 4.09. The Morgan fingerprint density at radius 3 is 2.46 bits per heavy atom. The van der Waals surface area contributed by atoms with Crippen LogP contribution in [0.4, 0.5) is 10.5 Å².